The molecular weight excluding hydrogens is 230 g/mol. The van der Waals surface area contributed by atoms with E-state index in [1.807, 2.05) is 12.3 Å². The number of rotatable bonds is 1. The molecule has 1 aromatic rings. The van der Waals surface area contributed by atoms with Crippen LogP contribution in [0.5, 0.6) is 0 Å². The third-order valence-electron chi connectivity index (χ3n) is 2.39. The number of halogens is 1. The summed E-state index contributed by atoms with van der Waals surface area (Å²) < 4.78 is 6.44. The van der Waals surface area contributed by atoms with Gasteiger partial charge in [-0.2, -0.15) is 0 Å². The van der Waals surface area contributed by atoms with Gasteiger partial charge in [0, 0.05) is 29.8 Å². The smallest absolute Gasteiger partial charge is 0.0578 e. The second-order valence-electron chi connectivity index (χ2n) is 3.26. The lowest BCUT2D eigenvalue weighted by molar-refractivity contribution is 0.0843. The van der Waals surface area contributed by atoms with E-state index in [-0.39, 0.29) is 0 Å². The van der Waals surface area contributed by atoms with Crippen molar-refractivity contribution in [3.05, 3.63) is 28.5 Å². The average molecular weight is 242 g/mol. The summed E-state index contributed by atoms with van der Waals surface area (Å²) in [5.41, 5.74) is 1.19. The molecule has 3 heteroatoms. The molecule has 1 aromatic heterocycles. The van der Waals surface area contributed by atoms with Crippen molar-refractivity contribution in [1.82, 2.24) is 4.98 Å². The number of hydrogen-bond donors (Lipinski definition) is 0. The van der Waals surface area contributed by atoms with Crippen LogP contribution < -0.4 is 0 Å². The summed E-state index contributed by atoms with van der Waals surface area (Å²) in [5, 5.41) is 0. The van der Waals surface area contributed by atoms with Crippen LogP contribution in [0.4, 0.5) is 0 Å². The molecule has 0 atom stereocenters. The SMILES string of the molecule is Brc1cccnc1C1CCOCC1. The van der Waals surface area contributed by atoms with Gasteiger partial charge in [-0.3, -0.25) is 4.98 Å². The summed E-state index contributed by atoms with van der Waals surface area (Å²) in [4.78, 5) is 4.40. The fourth-order valence-corrected chi connectivity index (χ4v) is 2.25. The summed E-state index contributed by atoms with van der Waals surface area (Å²) in [6.45, 7) is 1.74. The van der Waals surface area contributed by atoms with Crippen molar-refractivity contribution >= 4 is 15.9 Å². The Balaban J connectivity index is 2.18. The fraction of sp³-hybridized carbons (Fsp3) is 0.500. The summed E-state index contributed by atoms with van der Waals surface area (Å²) in [7, 11) is 0. The molecule has 1 aliphatic rings. The monoisotopic (exact) mass is 241 g/mol. The first kappa shape index (κ1) is 9.16. The molecule has 0 radical (unpaired) electrons. The first-order valence-electron chi connectivity index (χ1n) is 4.56. The van der Waals surface area contributed by atoms with E-state index in [1.54, 1.807) is 0 Å². The molecule has 0 unspecified atom stereocenters. The molecule has 0 spiro atoms. The van der Waals surface area contributed by atoms with E-state index in [0.29, 0.717) is 5.92 Å². The highest BCUT2D eigenvalue weighted by Gasteiger charge is 2.18. The van der Waals surface area contributed by atoms with Crippen LogP contribution in [0.15, 0.2) is 22.8 Å². The van der Waals surface area contributed by atoms with E-state index < -0.39 is 0 Å². The van der Waals surface area contributed by atoms with Gasteiger partial charge in [0.05, 0.1) is 5.69 Å². The maximum atomic E-state index is 5.32. The van der Waals surface area contributed by atoms with Gasteiger partial charge in [0.15, 0.2) is 0 Å². The Hall–Kier alpha value is -0.410. The van der Waals surface area contributed by atoms with Crippen LogP contribution in [-0.2, 0) is 4.74 Å². The Morgan fingerprint density at radius 2 is 2.15 bits per heavy atom. The van der Waals surface area contributed by atoms with E-state index in [0.717, 1.165) is 30.5 Å². The fourth-order valence-electron chi connectivity index (χ4n) is 1.67. The number of ether oxygens (including phenoxy) is 1. The van der Waals surface area contributed by atoms with Crippen molar-refractivity contribution in [3.63, 3.8) is 0 Å². The molecule has 13 heavy (non-hydrogen) atoms. The molecular formula is C10H12BrNO. The van der Waals surface area contributed by atoms with E-state index in [4.69, 9.17) is 4.74 Å². The molecule has 1 aliphatic heterocycles. The van der Waals surface area contributed by atoms with Gasteiger partial charge in [0.1, 0.15) is 0 Å². The summed E-state index contributed by atoms with van der Waals surface area (Å²) >= 11 is 3.53. The van der Waals surface area contributed by atoms with E-state index in [9.17, 15) is 0 Å². The van der Waals surface area contributed by atoms with Crippen LogP contribution in [0.3, 0.4) is 0 Å². The van der Waals surface area contributed by atoms with Gasteiger partial charge in [0.2, 0.25) is 0 Å². The third kappa shape index (κ3) is 2.09. The molecule has 0 aliphatic carbocycles. The van der Waals surface area contributed by atoms with Crippen LogP contribution in [0.25, 0.3) is 0 Å². The lowest BCUT2D eigenvalue weighted by Crippen LogP contribution is -2.15. The van der Waals surface area contributed by atoms with Crippen molar-refractivity contribution < 1.29 is 4.74 Å². The van der Waals surface area contributed by atoms with Gasteiger partial charge in [-0.05, 0) is 40.9 Å². The molecule has 0 aromatic carbocycles. The number of nitrogens with zero attached hydrogens (tertiary/aromatic N) is 1. The minimum absolute atomic E-state index is 0.573. The number of hydrogen-bond acceptors (Lipinski definition) is 2. The molecule has 2 heterocycles. The van der Waals surface area contributed by atoms with Gasteiger partial charge in [-0.25, -0.2) is 0 Å². The molecule has 1 saturated heterocycles. The molecule has 0 N–H and O–H groups in total. The minimum Gasteiger partial charge on any atom is -0.381 e. The zero-order valence-corrected chi connectivity index (χ0v) is 8.96. The van der Waals surface area contributed by atoms with E-state index >= 15 is 0 Å². The maximum Gasteiger partial charge on any atom is 0.0578 e. The highest BCUT2D eigenvalue weighted by Crippen LogP contribution is 2.29. The van der Waals surface area contributed by atoms with Crippen LogP contribution in [0.1, 0.15) is 24.5 Å². The van der Waals surface area contributed by atoms with Crippen LogP contribution in [0.2, 0.25) is 0 Å². The van der Waals surface area contributed by atoms with E-state index in [2.05, 4.69) is 27.0 Å². The molecule has 2 rings (SSSR count). The Labute approximate surface area is 86.5 Å². The van der Waals surface area contributed by atoms with Crippen molar-refractivity contribution in [1.29, 1.82) is 0 Å². The summed E-state index contributed by atoms with van der Waals surface area (Å²) in [5.74, 6) is 0.573. The maximum absolute atomic E-state index is 5.32. The van der Waals surface area contributed by atoms with Gasteiger partial charge in [-0.1, -0.05) is 0 Å². The van der Waals surface area contributed by atoms with Gasteiger partial charge < -0.3 is 4.74 Å². The van der Waals surface area contributed by atoms with Gasteiger partial charge in [0.25, 0.3) is 0 Å². The quantitative estimate of drug-likeness (QED) is 0.755. The summed E-state index contributed by atoms with van der Waals surface area (Å²) in [6, 6.07) is 4.00. The minimum atomic E-state index is 0.573. The van der Waals surface area contributed by atoms with Gasteiger partial charge in [-0.15, -0.1) is 0 Å². The van der Waals surface area contributed by atoms with Crippen LogP contribution >= 0.6 is 15.9 Å². The van der Waals surface area contributed by atoms with Crippen LogP contribution in [-0.4, -0.2) is 18.2 Å². The normalized spacial score (nSPS) is 18.8. The van der Waals surface area contributed by atoms with Crippen molar-refractivity contribution in [2.75, 3.05) is 13.2 Å². The topological polar surface area (TPSA) is 22.1 Å². The number of aromatic nitrogens is 1. The predicted octanol–water partition coefficient (Wildman–Crippen LogP) is 2.74. The van der Waals surface area contributed by atoms with Crippen molar-refractivity contribution in [2.24, 2.45) is 0 Å². The highest BCUT2D eigenvalue weighted by atomic mass is 79.9. The Kier molecular flexibility index (Phi) is 2.96. The zero-order valence-electron chi connectivity index (χ0n) is 7.37. The Morgan fingerprint density at radius 3 is 2.85 bits per heavy atom. The lowest BCUT2D eigenvalue weighted by atomic mass is 9.96. The second-order valence-corrected chi connectivity index (χ2v) is 4.11. The number of pyridine rings is 1. The molecule has 0 saturated carbocycles. The first-order chi connectivity index (χ1) is 6.38. The van der Waals surface area contributed by atoms with Crippen molar-refractivity contribution in [3.8, 4) is 0 Å². The first-order valence-corrected chi connectivity index (χ1v) is 5.35. The third-order valence-corrected chi connectivity index (χ3v) is 3.07. The molecule has 70 valence electrons. The average Bonchev–Trinajstić information content (AvgIpc) is 2.20. The lowest BCUT2D eigenvalue weighted by Gasteiger charge is -2.22. The standard InChI is InChI=1S/C10H12BrNO/c11-9-2-1-5-12-10(9)8-3-6-13-7-4-8/h1-2,5,8H,3-4,6-7H2. The Bertz CT molecular complexity index is 284. The molecule has 0 amide bonds. The van der Waals surface area contributed by atoms with Crippen molar-refractivity contribution in [2.45, 2.75) is 18.8 Å². The largest absolute Gasteiger partial charge is 0.381 e. The Morgan fingerprint density at radius 1 is 1.38 bits per heavy atom. The molecule has 2 nitrogen and oxygen atoms in total. The molecule has 1 fully saturated rings. The predicted molar refractivity (Wildman–Crippen MR) is 54.7 cm³/mol. The van der Waals surface area contributed by atoms with Gasteiger partial charge >= 0.3 is 0 Å². The highest BCUT2D eigenvalue weighted by molar-refractivity contribution is 9.10. The van der Waals surface area contributed by atoms with E-state index in [1.165, 1.54) is 5.69 Å². The summed E-state index contributed by atoms with van der Waals surface area (Å²) in [6.07, 6.45) is 4.04. The zero-order chi connectivity index (χ0) is 9.10. The molecule has 0 bridgehead atoms. The van der Waals surface area contributed by atoms with Crippen LogP contribution in [0, 0.1) is 0 Å². The second kappa shape index (κ2) is 4.20.